The number of ether oxygens (including phenoxy) is 2. The van der Waals surface area contributed by atoms with Gasteiger partial charge in [0.25, 0.3) is 5.91 Å². The number of nitrogens with zero attached hydrogens (tertiary/aromatic N) is 1. The number of carbonyl (C=O) groups is 1. The molecule has 1 N–H and O–H groups in total. The van der Waals surface area contributed by atoms with Crippen LogP contribution in [0, 0.1) is 6.92 Å². The van der Waals surface area contributed by atoms with Crippen LogP contribution >= 0.6 is 12.4 Å². The monoisotopic (exact) mass is 404 g/mol. The van der Waals surface area contributed by atoms with Gasteiger partial charge in [0.05, 0.1) is 13.2 Å². The van der Waals surface area contributed by atoms with E-state index in [4.69, 9.17) is 9.47 Å². The maximum absolute atomic E-state index is 12.3. The molecule has 1 aliphatic rings. The largest absolute Gasteiger partial charge is 0.497 e. The summed E-state index contributed by atoms with van der Waals surface area (Å²) in [4.78, 5) is 14.7. The number of likely N-dealkylation sites (tertiary alicyclic amines) is 1. The molecule has 28 heavy (non-hydrogen) atoms. The smallest absolute Gasteiger partial charge is 0.258 e. The van der Waals surface area contributed by atoms with E-state index in [1.165, 1.54) is 18.4 Å². The lowest BCUT2D eigenvalue weighted by Gasteiger charge is -2.28. The normalized spacial score (nSPS) is 14.8. The first kappa shape index (κ1) is 22.1. The second-order valence-electron chi connectivity index (χ2n) is 6.89. The Balaban J connectivity index is 0.00000280. The fourth-order valence-electron chi connectivity index (χ4n) is 3.46. The molecule has 0 saturated carbocycles. The third-order valence-corrected chi connectivity index (χ3v) is 5.03. The number of aryl methyl sites for hydroxylation is 1. The van der Waals surface area contributed by atoms with Crippen molar-refractivity contribution in [3.05, 3.63) is 59.7 Å². The zero-order valence-corrected chi connectivity index (χ0v) is 17.3. The first-order chi connectivity index (χ1) is 13.2. The van der Waals surface area contributed by atoms with Gasteiger partial charge in [-0.2, -0.15) is 0 Å². The lowest BCUT2D eigenvalue weighted by Crippen LogP contribution is -2.38. The number of benzene rings is 2. The second kappa shape index (κ2) is 10.9. The molecule has 152 valence electrons. The highest BCUT2D eigenvalue weighted by Gasteiger charge is 2.24. The summed E-state index contributed by atoms with van der Waals surface area (Å²) in [6.07, 6.45) is 2.41. The number of carbonyl (C=O) groups excluding carboxylic acids is 1. The Kier molecular flexibility index (Phi) is 8.61. The molecule has 0 bridgehead atoms. The van der Waals surface area contributed by atoms with Crippen LogP contribution in [0.1, 0.15) is 30.0 Å². The maximum Gasteiger partial charge on any atom is 0.258 e. The summed E-state index contributed by atoms with van der Waals surface area (Å²) in [6, 6.07) is 16.0. The predicted octanol–water partition coefficient (Wildman–Crippen LogP) is 3.76. The molecule has 6 heteroatoms. The van der Waals surface area contributed by atoms with Crippen LogP contribution in [-0.4, -0.2) is 44.2 Å². The molecule has 1 fully saturated rings. The number of rotatable bonds is 8. The predicted molar refractivity (Wildman–Crippen MR) is 113 cm³/mol. The van der Waals surface area contributed by atoms with Gasteiger partial charge < -0.3 is 14.8 Å². The molecule has 1 saturated heterocycles. The van der Waals surface area contributed by atoms with Crippen LogP contribution in [0.15, 0.2) is 48.5 Å². The van der Waals surface area contributed by atoms with Gasteiger partial charge in [-0.05, 0) is 62.2 Å². The minimum Gasteiger partial charge on any atom is -0.497 e. The number of methoxy groups -OCH3 is 1. The summed E-state index contributed by atoms with van der Waals surface area (Å²) in [7, 11) is 1.67. The van der Waals surface area contributed by atoms with Gasteiger partial charge in [0.2, 0.25) is 0 Å². The summed E-state index contributed by atoms with van der Waals surface area (Å²) in [5.74, 6) is 1.49. The minimum absolute atomic E-state index is 0. The highest BCUT2D eigenvalue weighted by atomic mass is 35.5. The van der Waals surface area contributed by atoms with Crippen LogP contribution < -0.4 is 14.8 Å². The average molecular weight is 405 g/mol. The van der Waals surface area contributed by atoms with Crippen LogP contribution in [0.5, 0.6) is 11.5 Å². The van der Waals surface area contributed by atoms with E-state index < -0.39 is 0 Å². The quantitative estimate of drug-likeness (QED) is 0.727. The Morgan fingerprint density at radius 1 is 1.11 bits per heavy atom. The summed E-state index contributed by atoms with van der Waals surface area (Å²) < 4.78 is 10.9. The van der Waals surface area contributed by atoms with Crippen molar-refractivity contribution in [1.82, 2.24) is 10.2 Å². The minimum atomic E-state index is -0.101. The molecule has 2 aromatic carbocycles. The van der Waals surface area contributed by atoms with Crippen LogP contribution in [-0.2, 0) is 4.79 Å². The molecule has 2 aromatic rings. The number of hydrogen-bond donors (Lipinski definition) is 1. The lowest BCUT2D eigenvalue weighted by molar-refractivity contribution is -0.123. The molecule has 0 aromatic heterocycles. The molecule has 0 radical (unpaired) electrons. The Morgan fingerprint density at radius 3 is 2.43 bits per heavy atom. The molecule has 1 aliphatic heterocycles. The number of hydrogen-bond acceptors (Lipinski definition) is 4. The summed E-state index contributed by atoms with van der Waals surface area (Å²) in [6.45, 7) is 4.70. The number of nitrogens with one attached hydrogen (secondary N) is 1. The van der Waals surface area contributed by atoms with Crippen molar-refractivity contribution < 1.29 is 14.3 Å². The molecule has 0 spiro atoms. The van der Waals surface area contributed by atoms with E-state index in [0.717, 1.165) is 30.2 Å². The van der Waals surface area contributed by atoms with Gasteiger partial charge in [0, 0.05) is 6.54 Å². The van der Waals surface area contributed by atoms with Crippen molar-refractivity contribution in [1.29, 1.82) is 0 Å². The van der Waals surface area contributed by atoms with Gasteiger partial charge in [0.1, 0.15) is 11.5 Å². The van der Waals surface area contributed by atoms with E-state index in [1.54, 1.807) is 7.11 Å². The van der Waals surface area contributed by atoms with Crippen LogP contribution in [0.2, 0.25) is 0 Å². The highest BCUT2D eigenvalue weighted by Crippen LogP contribution is 2.26. The van der Waals surface area contributed by atoms with Crippen molar-refractivity contribution in [2.24, 2.45) is 0 Å². The molecular formula is C22H29ClN2O3. The lowest BCUT2D eigenvalue weighted by atomic mass is 10.1. The van der Waals surface area contributed by atoms with Crippen molar-refractivity contribution >= 4 is 18.3 Å². The number of halogens is 1. The topological polar surface area (TPSA) is 50.8 Å². The van der Waals surface area contributed by atoms with E-state index in [0.29, 0.717) is 6.54 Å². The van der Waals surface area contributed by atoms with Crippen molar-refractivity contribution in [3.8, 4) is 11.5 Å². The Hall–Kier alpha value is -2.24. The Labute approximate surface area is 173 Å². The van der Waals surface area contributed by atoms with Gasteiger partial charge in [-0.15, -0.1) is 12.4 Å². The molecule has 1 unspecified atom stereocenters. The zero-order chi connectivity index (χ0) is 19.1. The van der Waals surface area contributed by atoms with E-state index in [1.807, 2.05) is 43.3 Å². The van der Waals surface area contributed by atoms with Gasteiger partial charge in [-0.3, -0.25) is 9.69 Å². The molecule has 5 nitrogen and oxygen atoms in total. The van der Waals surface area contributed by atoms with E-state index >= 15 is 0 Å². The molecule has 3 rings (SSSR count). The molecule has 0 aliphatic carbocycles. The zero-order valence-electron chi connectivity index (χ0n) is 16.5. The fourth-order valence-corrected chi connectivity index (χ4v) is 3.46. The second-order valence-corrected chi connectivity index (χ2v) is 6.89. The van der Waals surface area contributed by atoms with Crippen LogP contribution in [0.25, 0.3) is 0 Å². The van der Waals surface area contributed by atoms with Gasteiger partial charge >= 0.3 is 0 Å². The summed E-state index contributed by atoms with van der Waals surface area (Å²) >= 11 is 0. The van der Waals surface area contributed by atoms with Crippen molar-refractivity contribution in [3.63, 3.8) is 0 Å². The SMILES string of the molecule is COc1ccc(C(CNC(=O)COc2ccccc2C)N2CCCC2)cc1.Cl. The van der Waals surface area contributed by atoms with Crippen LogP contribution in [0.4, 0.5) is 0 Å². The molecule has 1 atom stereocenters. The third kappa shape index (κ3) is 5.88. The summed E-state index contributed by atoms with van der Waals surface area (Å²) in [5.41, 5.74) is 2.22. The first-order valence-corrected chi connectivity index (χ1v) is 9.50. The average Bonchev–Trinajstić information content (AvgIpc) is 3.22. The fraction of sp³-hybridized carbons (Fsp3) is 0.409. The van der Waals surface area contributed by atoms with Gasteiger partial charge in [0.15, 0.2) is 6.61 Å². The molecule has 1 amide bonds. The third-order valence-electron chi connectivity index (χ3n) is 5.03. The van der Waals surface area contributed by atoms with Crippen molar-refractivity contribution in [2.45, 2.75) is 25.8 Å². The standard InChI is InChI=1S/C22H28N2O3.ClH/c1-17-7-3-4-8-21(17)27-16-22(25)23-15-20(24-13-5-6-14-24)18-9-11-19(26-2)12-10-18;/h3-4,7-12,20H,5-6,13-16H2,1-2H3,(H,23,25);1H. The highest BCUT2D eigenvalue weighted by molar-refractivity contribution is 5.85. The van der Waals surface area contributed by atoms with E-state index in [2.05, 4.69) is 22.3 Å². The van der Waals surface area contributed by atoms with Gasteiger partial charge in [-0.25, -0.2) is 0 Å². The first-order valence-electron chi connectivity index (χ1n) is 9.50. The van der Waals surface area contributed by atoms with Crippen molar-refractivity contribution in [2.75, 3.05) is 33.4 Å². The number of para-hydroxylation sites is 1. The van der Waals surface area contributed by atoms with E-state index in [9.17, 15) is 4.79 Å². The Morgan fingerprint density at radius 2 is 1.79 bits per heavy atom. The van der Waals surface area contributed by atoms with E-state index in [-0.39, 0.29) is 31.0 Å². The molecule has 1 heterocycles. The summed E-state index contributed by atoms with van der Waals surface area (Å²) in [5, 5.41) is 3.04. The van der Waals surface area contributed by atoms with Crippen LogP contribution in [0.3, 0.4) is 0 Å². The molecular weight excluding hydrogens is 376 g/mol. The maximum atomic E-state index is 12.3. The Bertz CT molecular complexity index is 746. The number of amides is 1. The van der Waals surface area contributed by atoms with Gasteiger partial charge in [-0.1, -0.05) is 30.3 Å².